The largest absolute Gasteiger partial charge is 0.499 e. The van der Waals surface area contributed by atoms with Gasteiger partial charge in [-0.15, -0.1) is 0 Å². The van der Waals surface area contributed by atoms with E-state index in [0.717, 1.165) is 24.5 Å². The van der Waals surface area contributed by atoms with Crippen LogP contribution in [0, 0.1) is 0 Å². The Bertz CT molecular complexity index is 291. The summed E-state index contributed by atoms with van der Waals surface area (Å²) >= 11 is 0. The minimum absolute atomic E-state index is 0.693. The van der Waals surface area contributed by atoms with Crippen LogP contribution in [-0.2, 0) is 4.74 Å². The topological polar surface area (TPSA) is 15.7 Å². The molecule has 0 amide bonds. The van der Waals surface area contributed by atoms with Crippen molar-refractivity contribution in [1.29, 1.82) is 0 Å². The minimum atomic E-state index is 0.693. The number of likely N-dealkylation sites (tertiary alicyclic amines) is 1. The van der Waals surface area contributed by atoms with Gasteiger partial charge in [0.2, 0.25) is 0 Å². The van der Waals surface area contributed by atoms with Crippen molar-refractivity contribution in [3.63, 3.8) is 0 Å². The lowest BCUT2D eigenvalue weighted by molar-refractivity contribution is 0.153. The zero-order valence-corrected chi connectivity index (χ0v) is 12.4. The molecular formula is C15H28N2O. The predicted molar refractivity (Wildman–Crippen MR) is 77.7 cm³/mol. The number of hydrogen-bond acceptors (Lipinski definition) is 3. The van der Waals surface area contributed by atoms with Gasteiger partial charge >= 0.3 is 0 Å². The quantitative estimate of drug-likeness (QED) is 0.533. The first kappa shape index (κ1) is 15.3. The number of ether oxygens (including phenoxy) is 1. The molecule has 18 heavy (non-hydrogen) atoms. The Morgan fingerprint density at radius 1 is 1.44 bits per heavy atom. The van der Waals surface area contributed by atoms with E-state index in [-0.39, 0.29) is 0 Å². The number of allylic oxidation sites excluding steroid dienone is 1. The molecule has 3 heteroatoms. The summed E-state index contributed by atoms with van der Waals surface area (Å²) in [6.45, 7) is 12.2. The van der Waals surface area contributed by atoms with Crippen molar-refractivity contribution in [2.24, 2.45) is 0 Å². The maximum atomic E-state index is 5.43. The molecule has 0 radical (unpaired) electrons. The zero-order chi connectivity index (χ0) is 13.5. The van der Waals surface area contributed by atoms with Gasteiger partial charge in [0.15, 0.2) is 0 Å². The van der Waals surface area contributed by atoms with Gasteiger partial charge in [-0.05, 0) is 65.5 Å². The lowest BCUT2D eigenvalue weighted by atomic mass is 10.0. The molecule has 1 aliphatic heterocycles. The highest BCUT2D eigenvalue weighted by atomic mass is 16.5. The molecule has 1 saturated heterocycles. The molecule has 0 aromatic heterocycles. The second-order valence-corrected chi connectivity index (χ2v) is 5.30. The minimum Gasteiger partial charge on any atom is -0.499 e. The fraction of sp³-hybridized carbons (Fsp3) is 0.733. The standard InChI is InChI=1S/C15H28N2O/c1-6-18-14(3)11-13(2)12-17(5)15-7-9-16(4)10-8-15/h11,15H,2,6-10,12H2,1,3-5H3/b14-11+. The summed E-state index contributed by atoms with van der Waals surface area (Å²) in [4.78, 5) is 4.82. The van der Waals surface area contributed by atoms with E-state index in [1.54, 1.807) is 0 Å². The first-order valence-corrected chi connectivity index (χ1v) is 6.90. The van der Waals surface area contributed by atoms with Gasteiger partial charge < -0.3 is 9.64 Å². The third-order valence-electron chi connectivity index (χ3n) is 3.54. The van der Waals surface area contributed by atoms with Crippen LogP contribution in [0.15, 0.2) is 24.0 Å². The molecule has 0 aromatic carbocycles. The summed E-state index contributed by atoms with van der Waals surface area (Å²) in [5, 5.41) is 0. The van der Waals surface area contributed by atoms with Gasteiger partial charge in [0.25, 0.3) is 0 Å². The van der Waals surface area contributed by atoms with Crippen molar-refractivity contribution in [2.75, 3.05) is 40.3 Å². The molecule has 0 unspecified atom stereocenters. The first-order chi connectivity index (χ1) is 8.52. The summed E-state index contributed by atoms with van der Waals surface area (Å²) in [5.41, 5.74) is 1.13. The third-order valence-corrected chi connectivity index (χ3v) is 3.54. The van der Waals surface area contributed by atoms with E-state index >= 15 is 0 Å². The van der Waals surface area contributed by atoms with Crippen LogP contribution < -0.4 is 0 Å². The van der Waals surface area contributed by atoms with E-state index in [4.69, 9.17) is 4.74 Å². The van der Waals surface area contributed by atoms with Crippen LogP contribution in [0.1, 0.15) is 26.7 Å². The van der Waals surface area contributed by atoms with Crippen molar-refractivity contribution in [3.8, 4) is 0 Å². The van der Waals surface area contributed by atoms with Crippen LogP contribution >= 0.6 is 0 Å². The molecule has 0 bridgehead atoms. The second-order valence-electron chi connectivity index (χ2n) is 5.30. The second kappa shape index (κ2) is 7.59. The number of nitrogens with zero attached hydrogens (tertiary/aromatic N) is 2. The molecule has 0 aliphatic carbocycles. The number of rotatable bonds is 6. The van der Waals surface area contributed by atoms with Gasteiger partial charge in [-0.1, -0.05) is 6.58 Å². The maximum absolute atomic E-state index is 5.43. The fourth-order valence-corrected chi connectivity index (χ4v) is 2.49. The normalized spacial score (nSPS) is 19.3. The van der Waals surface area contributed by atoms with E-state index < -0.39 is 0 Å². The van der Waals surface area contributed by atoms with Gasteiger partial charge in [0.1, 0.15) is 0 Å². The van der Waals surface area contributed by atoms with Gasteiger partial charge in [-0.25, -0.2) is 0 Å². The molecule has 0 atom stereocenters. The molecule has 1 heterocycles. The van der Waals surface area contributed by atoms with Crippen LogP contribution in [0.3, 0.4) is 0 Å². The zero-order valence-electron chi connectivity index (χ0n) is 12.4. The van der Waals surface area contributed by atoms with Crippen molar-refractivity contribution in [1.82, 2.24) is 9.80 Å². The summed E-state index contributed by atoms with van der Waals surface area (Å²) in [7, 11) is 4.40. The van der Waals surface area contributed by atoms with Crippen LogP contribution in [0.25, 0.3) is 0 Å². The molecule has 1 aliphatic rings. The van der Waals surface area contributed by atoms with Crippen LogP contribution in [-0.4, -0.2) is 56.2 Å². The summed E-state index contributed by atoms with van der Waals surface area (Å²) in [6.07, 6.45) is 4.57. The molecule has 1 rings (SSSR count). The van der Waals surface area contributed by atoms with Gasteiger partial charge in [0.05, 0.1) is 12.4 Å². The van der Waals surface area contributed by atoms with E-state index in [2.05, 4.69) is 36.6 Å². The highest BCUT2D eigenvalue weighted by molar-refractivity contribution is 5.18. The Kier molecular flexibility index (Phi) is 6.44. The lowest BCUT2D eigenvalue weighted by Crippen LogP contribution is -2.42. The lowest BCUT2D eigenvalue weighted by Gasteiger charge is -2.35. The van der Waals surface area contributed by atoms with E-state index in [1.807, 2.05) is 13.8 Å². The fourth-order valence-electron chi connectivity index (χ4n) is 2.49. The van der Waals surface area contributed by atoms with Crippen LogP contribution in [0.2, 0.25) is 0 Å². The van der Waals surface area contributed by atoms with Gasteiger partial charge in [-0.3, -0.25) is 4.90 Å². The van der Waals surface area contributed by atoms with E-state index in [9.17, 15) is 0 Å². The van der Waals surface area contributed by atoms with Crippen LogP contribution in [0.5, 0.6) is 0 Å². The Morgan fingerprint density at radius 2 is 2.06 bits per heavy atom. The summed E-state index contributed by atoms with van der Waals surface area (Å²) < 4.78 is 5.43. The Labute approximate surface area is 112 Å². The highest BCUT2D eigenvalue weighted by Crippen LogP contribution is 2.15. The molecule has 104 valence electrons. The average molecular weight is 252 g/mol. The van der Waals surface area contributed by atoms with Crippen molar-refractivity contribution >= 4 is 0 Å². The Balaban J connectivity index is 2.37. The molecule has 1 fully saturated rings. The molecule has 0 saturated carbocycles. The van der Waals surface area contributed by atoms with Gasteiger partial charge in [-0.2, -0.15) is 0 Å². The third kappa shape index (κ3) is 5.23. The predicted octanol–water partition coefficient (Wildman–Crippen LogP) is 2.51. The Hall–Kier alpha value is -0.800. The smallest absolute Gasteiger partial charge is 0.0931 e. The monoisotopic (exact) mass is 252 g/mol. The average Bonchev–Trinajstić information content (AvgIpc) is 2.29. The Morgan fingerprint density at radius 3 is 2.61 bits per heavy atom. The van der Waals surface area contributed by atoms with E-state index in [0.29, 0.717) is 6.04 Å². The molecule has 0 aromatic rings. The molecular weight excluding hydrogens is 224 g/mol. The first-order valence-electron chi connectivity index (χ1n) is 6.90. The number of likely N-dealkylation sites (N-methyl/N-ethyl adjacent to an activating group) is 1. The van der Waals surface area contributed by atoms with Gasteiger partial charge in [0, 0.05) is 12.6 Å². The summed E-state index contributed by atoms with van der Waals surface area (Å²) in [6, 6.07) is 0.693. The van der Waals surface area contributed by atoms with Crippen LogP contribution in [0.4, 0.5) is 0 Å². The van der Waals surface area contributed by atoms with Crippen molar-refractivity contribution in [2.45, 2.75) is 32.7 Å². The van der Waals surface area contributed by atoms with E-state index in [1.165, 1.54) is 25.9 Å². The number of piperidine rings is 1. The van der Waals surface area contributed by atoms with Crippen molar-refractivity contribution < 1.29 is 4.74 Å². The molecule has 0 N–H and O–H groups in total. The SMILES string of the molecule is C=C(/C=C(\C)OCC)CN(C)C1CCN(C)CC1. The number of hydrogen-bond donors (Lipinski definition) is 0. The summed E-state index contributed by atoms with van der Waals surface area (Å²) in [5.74, 6) is 0.958. The highest BCUT2D eigenvalue weighted by Gasteiger charge is 2.20. The maximum Gasteiger partial charge on any atom is 0.0931 e. The molecule has 3 nitrogen and oxygen atoms in total. The van der Waals surface area contributed by atoms with Crippen molar-refractivity contribution in [3.05, 3.63) is 24.0 Å². The molecule has 0 spiro atoms.